The molecule has 0 amide bonds. The molecule has 0 bridgehead atoms. The lowest BCUT2D eigenvalue weighted by molar-refractivity contribution is 0.632. The van der Waals surface area contributed by atoms with Crippen molar-refractivity contribution in [3.63, 3.8) is 0 Å². The first-order chi connectivity index (χ1) is 9.04. The van der Waals surface area contributed by atoms with Crippen LogP contribution in [-0.2, 0) is 0 Å². The van der Waals surface area contributed by atoms with E-state index >= 15 is 0 Å². The van der Waals surface area contributed by atoms with Crippen LogP contribution in [0.15, 0.2) is 30.3 Å². The van der Waals surface area contributed by atoms with Gasteiger partial charge >= 0.3 is 0 Å². The summed E-state index contributed by atoms with van der Waals surface area (Å²) in [4.78, 5) is 8.36. The van der Waals surface area contributed by atoms with Crippen molar-refractivity contribution < 1.29 is 4.39 Å². The Balaban J connectivity index is 2.07. The number of halogens is 1. The summed E-state index contributed by atoms with van der Waals surface area (Å²) in [6.45, 7) is 3.67. The van der Waals surface area contributed by atoms with Gasteiger partial charge in [-0.2, -0.15) is 0 Å². The number of aromatic nitrogens is 2. The lowest BCUT2D eigenvalue weighted by Gasteiger charge is -2.11. The largest absolute Gasteiger partial charge is 0.330 e. The average molecular weight is 276 g/mol. The minimum atomic E-state index is -0.360. The highest BCUT2D eigenvalue weighted by Crippen LogP contribution is 2.13. The molecule has 0 saturated heterocycles. The first kappa shape index (κ1) is 13.4. The van der Waals surface area contributed by atoms with E-state index in [-0.39, 0.29) is 10.9 Å². The Hall–Kier alpha value is -2.08. The molecule has 0 aliphatic carbocycles. The number of benzene rings is 1. The van der Waals surface area contributed by atoms with E-state index in [9.17, 15) is 4.39 Å². The Morgan fingerprint density at radius 1 is 1.16 bits per heavy atom. The quantitative estimate of drug-likeness (QED) is 0.826. The number of hydrogen-bond acceptors (Lipinski definition) is 3. The summed E-state index contributed by atoms with van der Waals surface area (Å²) >= 11 is 5.11. The molecular formula is C13H13FN4S. The molecular weight excluding hydrogens is 263 g/mol. The Bertz CT molecular complexity index is 595. The Kier molecular flexibility index (Phi) is 4.01. The van der Waals surface area contributed by atoms with Crippen molar-refractivity contribution in [1.82, 2.24) is 9.97 Å². The van der Waals surface area contributed by atoms with Crippen molar-refractivity contribution in [3.05, 3.63) is 47.7 Å². The molecule has 2 rings (SSSR count). The third-order valence-electron chi connectivity index (χ3n) is 2.33. The van der Waals surface area contributed by atoms with Crippen LogP contribution < -0.4 is 10.6 Å². The number of hydrogen-bond donors (Lipinski definition) is 2. The Labute approximate surface area is 116 Å². The second-order valence-electron chi connectivity index (χ2n) is 4.00. The summed E-state index contributed by atoms with van der Waals surface area (Å²) in [5.41, 5.74) is 1.16. The summed E-state index contributed by atoms with van der Waals surface area (Å²) < 4.78 is 13.4. The summed E-state index contributed by atoms with van der Waals surface area (Å²) in [7, 11) is 0. The van der Waals surface area contributed by atoms with Crippen molar-refractivity contribution in [2.24, 2.45) is 0 Å². The standard InChI is InChI=1S/C13H13FN4S/c1-8-7-12(16-9(2)15-8)18-13(19)17-11-6-4-3-5-10(11)14/h3-7H,1-2H3,(H2,15,16,17,18,19). The molecule has 0 spiro atoms. The van der Waals surface area contributed by atoms with E-state index in [0.29, 0.717) is 17.3 Å². The monoisotopic (exact) mass is 276 g/mol. The van der Waals surface area contributed by atoms with Crippen LogP contribution in [0, 0.1) is 19.7 Å². The van der Waals surface area contributed by atoms with Gasteiger partial charge in [0.1, 0.15) is 17.5 Å². The molecule has 98 valence electrons. The van der Waals surface area contributed by atoms with Crippen LogP contribution in [0.25, 0.3) is 0 Å². The molecule has 0 fully saturated rings. The number of nitrogens with zero attached hydrogens (tertiary/aromatic N) is 2. The van der Waals surface area contributed by atoms with Gasteiger partial charge in [-0.05, 0) is 38.2 Å². The lowest BCUT2D eigenvalue weighted by atomic mass is 10.3. The Morgan fingerprint density at radius 3 is 2.58 bits per heavy atom. The molecule has 2 aromatic rings. The zero-order valence-corrected chi connectivity index (χ0v) is 11.4. The average Bonchev–Trinajstić information content (AvgIpc) is 2.30. The van der Waals surface area contributed by atoms with Crippen molar-refractivity contribution >= 4 is 28.8 Å². The minimum Gasteiger partial charge on any atom is -0.330 e. The third kappa shape index (κ3) is 3.69. The number of nitrogens with one attached hydrogen (secondary N) is 2. The molecule has 0 aliphatic heterocycles. The van der Waals surface area contributed by atoms with E-state index in [1.807, 2.05) is 6.92 Å². The molecule has 1 aromatic carbocycles. The van der Waals surface area contributed by atoms with E-state index in [1.54, 1.807) is 31.2 Å². The van der Waals surface area contributed by atoms with Crippen LogP contribution in [0.2, 0.25) is 0 Å². The summed E-state index contributed by atoms with van der Waals surface area (Å²) in [6, 6.07) is 8.09. The molecule has 0 atom stereocenters. The second kappa shape index (κ2) is 5.71. The third-order valence-corrected chi connectivity index (χ3v) is 2.53. The van der Waals surface area contributed by atoms with E-state index in [2.05, 4.69) is 20.6 Å². The van der Waals surface area contributed by atoms with Crippen molar-refractivity contribution in [3.8, 4) is 0 Å². The first-order valence-corrected chi connectivity index (χ1v) is 6.10. The van der Waals surface area contributed by atoms with E-state index in [0.717, 1.165) is 5.69 Å². The molecule has 0 radical (unpaired) electrons. The molecule has 4 nitrogen and oxygen atoms in total. The number of anilines is 2. The van der Waals surface area contributed by atoms with Gasteiger partial charge in [-0.15, -0.1) is 0 Å². The van der Waals surface area contributed by atoms with Crippen molar-refractivity contribution in [2.75, 3.05) is 10.6 Å². The van der Waals surface area contributed by atoms with Gasteiger partial charge < -0.3 is 10.6 Å². The maximum absolute atomic E-state index is 13.4. The van der Waals surface area contributed by atoms with Crippen LogP contribution in [0.5, 0.6) is 0 Å². The van der Waals surface area contributed by atoms with Crippen LogP contribution >= 0.6 is 12.2 Å². The summed E-state index contributed by atoms with van der Waals surface area (Å²) in [5, 5.41) is 5.96. The van der Waals surface area contributed by atoms with Gasteiger partial charge in [0.15, 0.2) is 5.11 Å². The van der Waals surface area contributed by atoms with Gasteiger partial charge in [0.05, 0.1) is 5.69 Å². The van der Waals surface area contributed by atoms with E-state index in [4.69, 9.17) is 12.2 Å². The second-order valence-corrected chi connectivity index (χ2v) is 4.41. The molecule has 1 aromatic heterocycles. The van der Waals surface area contributed by atoms with Gasteiger partial charge in [-0.1, -0.05) is 12.1 Å². The SMILES string of the molecule is Cc1cc(NC(=S)Nc2ccccc2F)nc(C)n1. The van der Waals surface area contributed by atoms with Gasteiger partial charge in [0, 0.05) is 11.8 Å². The maximum atomic E-state index is 13.4. The first-order valence-electron chi connectivity index (χ1n) is 5.69. The normalized spacial score (nSPS) is 10.1. The fourth-order valence-corrected chi connectivity index (χ4v) is 1.83. The highest BCUT2D eigenvalue weighted by Gasteiger charge is 2.05. The number of para-hydroxylation sites is 1. The zero-order valence-electron chi connectivity index (χ0n) is 10.6. The topological polar surface area (TPSA) is 49.8 Å². The highest BCUT2D eigenvalue weighted by molar-refractivity contribution is 7.80. The molecule has 0 unspecified atom stereocenters. The summed E-state index contributed by atoms with van der Waals surface area (Å²) in [6.07, 6.45) is 0. The predicted molar refractivity (Wildman–Crippen MR) is 77.7 cm³/mol. The smallest absolute Gasteiger partial charge is 0.176 e. The number of aryl methyl sites for hydroxylation is 2. The van der Waals surface area contributed by atoms with Gasteiger partial charge in [-0.3, -0.25) is 0 Å². The lowest BCUT2D eigenvalue weighted by Crippen LogP contribution is -2.20. The van der Waals surface area contributed by atoms with Crippen LogP contribution in [-0.4, -0.2) is 15.1 Å². The van der Waals surface area contributed by atoms with Crippen LogP contribution in [0.3, 0.4) is 0 Å². The Morgan fingerprint density at radius 2 is 1.89 bits per heavy atom. The van der Waals surface area contributed by atoms with Crippen LogP contribution in [0.1, 0.15) is 11.5 Å². The molecule has 0 saturated carbocycles. The fraction of sp³-hybridized carbons (Fsp3) is 0.154. The van der Waals surface area contributed by atoms with Gasteiger partial charge in [0.2, 0.25) is 0 Å². The van der Waals surface area contributed by atoms with E-state index in [1.165, 1.54) is 6.07 Å². The van der Waals surface area contributed by atoms with Crippen LogP contribution in [0.4, 0.5) is 15.9 Å². The minimum absolute atomic E-state index is 0.280. The molecule has 19 heavy (non-hydrogen) atoms. The zero-order chi connectivity index (χ0) is 13.8. The molecule has 0 aliphatic rings. The molecule has 1 heterocycles. The van der Waals surface area contributed by atoms with Gasteiger partial charge in [-0.25, -0.2) is 14.4 Å². The van der Waals surface area contributed by atoms with Crippen molar-refractivity contribution in [1.29, 1.82) is 0 Å². The molecule has 6 heteroatoms. The summed E-state index contributed by atoms with van der Waals surface area (Å²) in [5.74, 6) is 0.872. The number of thiocarbonyl (C=S) groups is 1. The van der Waals surface area contributed by atoms with Crippen molar-refractivity contribution in [2.45, 2.75) is 13.8 Å². The maximum Gasteiger partial charge on any atom is 0.176 e. The number of rotatable bonds is 2. The molecule has 2 N–H and O–H groups in total. The van der Waals surface area contributed by atoms with E-state index < -0.39 is 0 Å². The fourth-order valence-electron chi connectivity index (χ4n) is 1.61. The highest BCUT2D eigenvalue weighted by atomic mass is 32.1. The van der Waals surface area contributed by atoms with Gasteiger partial charge in [0.25, 0.3) is 0 Å². The predicted octanol–water partition coefficient (Wildman–Crippen LogP) is 3.04.